The quantitative estimate of drug-likeness (QED) is 0.591. The van der Waals surface area contributed by atoms with Crippen LogP contribution >= 0.6 is 0 Å². The molecule has 1 rings (SSSR count). The van der Waals surface area contributed by atoms with Crippen molar-refractivity contribution in [1.29, 1.82) is 0 Å². The fourth-order valence-corrected chi connectivity index (χ4v) is 1.11. The van der Waals surface area contributed by atoms with Gasteiger partial charge in [0.05, 0.1) is 6.61 Å². The van der Waals surface area contributed by atoms with Crippen LogP contribution in [0.2, 0.25) is 0 Å². The van der Waals surface area contributed by atoms with Gasteiger partial charge in [-0.1, -0.05) is 13.8 Å². The van der Waals surface area contributed by atoms with Crippen LogP contribution in [0, 0.1) is 0 Å². The Morgan fingerprint density at radius 2 is 2.00 bits per heavy atom. The van der Waals surface area contributed by atoms with Gasteiger partial charge in [-0.2, -0.15) is 0 Å². The highest BCUT2D eigenvalue weighted by Gasteiger charge is 2.14. The zero-order valence-electron chi connectivity index (χ0n) is 9.92. The molecule has 1 saturated heterocycles. The van der Waals surface area contributed by atoms with E-state index in [-0.39, 0.29) is 6.10 Å². The molecule has 5 N–H and O–H groups in total. The number of ether oxygens (including phenoxy) is 1. The molecule has 4 heteroatoms. The molecular weight excluding hydrogens is 190 g/mol. The summed E-state index contributed by atoms with van der Waals surface area (Å²) >= 11 is 0. The summed E-state index contributed by atoms with van der Waals surface area (Å²) in [7, 11) is 0. The summed E-state index contributed by atoms with van der Waals surface area (Å²) in [6, 6.07) is 0. The Labute approximate surface area is 92.4 Å². The van der Waals surface area contributed by atoms with E-state index in [9.17, 15) is 0 Å². The van der Waals surface area contributed by atoms with Crippen molar-refractivity contribution in [2.24, 2.45) is 11.5 Å². The largest absolute Gasteiger partial charge is 0.402 e. The third-order valence-electron chi connectivity index (χ3n) is 1.84. The average molecular weight is 213 g/mol. The molecule has 0 saturated carbocycles. The lowest BCUT2D eigenvalue weighted by Crippen LogP contribution is -2.41. The maximum Gasteiger partial charge on any atom is 0.109 e. The molecule has 1 fully saturated rings. The predicted octanol–water partition coefficient (Wildman–Crippen LogP) is 0.706. The minimum absolute atomic E-state index is 0.00986. The van der Waals surface area contributed by atoms with E-state index < -0.39 is 0 Å². The lowest BCUT2D eigenvalue weighted by atomic mass is 10.2. The lowest BCUT2D eigenvalue weighted by molar-refractivity contribution is 0.0509. The summed E-state index contributed by atoms with van der Waals surface area (Å²) in [4.78, 5) is 0. The van der Waals surface area contributed by atoms with Crippen LogP contribution in [0.15, 0.2) is 23.5 Å². The Kier molecular flexibility index (Phi) is 7.77. The predicted molar refractivity (Wildman–Crippen MR) is 64.2 cm³/mol. The summed E-state index contributed by atoms with van der Waals surface area (Å²) in [5, 5.41) is 3.21. The van der Waals surface area contributed by atoms with Crippen LogP contribution in [0.4, 0.5) is 0 Å². The normalized spacial score (nSPS) is 23.0. The molecule has 88 valence electrons. The van der Waals surface area contributed by atoms with Gasteiger partial charge in [-0.25, -0.2) is 0 Å². The molecule has 1 unspecified atom stereocenters. The molecule has 0 spiro atoms. The van der Waals surface area contributed by atoms with Crippen LogP contribution in [0.5, 0.6) is 0 Å². The molecule has 0 radical (unpaired) electrons. The van der Waals surface area contributed by atoms with Gasteiger partial charge in [0.1, 0.15) is 6.10 Å². The molecule has 0 aromatic heterocycles. The molecule has 1 aliphatic rings. The summed E-state index contributed by atoms with van der Waals surface area (Å²) < 4.78 is 5.45. The SMILES string of the molecule is C/C(N)=C/C=C(\N)C1CNCCO1.CC. The van der Waals surface area contributed by atoms with Crippen LogP contribution < -0.4 is 16.8 Å². The van der Waals surface area contributed by atoms with Crippen LogP contribution in [0.1, 0.15) is 20.8 Å². The second-order valence-corrected chi connectivity index (χ2v) is 3.14. The van der Waals surface area contributed by atoms with Crippen molar-refractivity contribution in [3.63, 3.8) is 0 Å². The van der Waals surface area contributed by atoms with E-state index in [0.29, 0.717) is 6.61 Å². The van der Waals surface area contributed by atoms with Crippen LogP contribution in [0.3, 0.4) is 0 Å². The standard InChI is InChI=1S/C9H17N3O.C2H6/c1-7(10)2-3-8(11)9-6-12-4-5-13-9;1-2/h2-3,9,12H,4-6,10-11H2,1H3;1-2H3/b7-2-,8-3-;. The molecular formula is C11H23N3O. The van der Waals surface area contributed by atoms with E-state index in [1.54, 1.807) is 12.2 Å². The van der Waals surface area contributed by atoms with E-state index in [0.717, 1.165) is 24.5 Å². The second kappa shape index (κ2) is 8.32. The van der Waals surface area contributed by atoms with Gasteiger partial charge in [0.2, 0.25) is 0 Å². The Morgan fingerprint density at radius 3 is 2.47 bits per heavy atom. The fourth-order valence-electron chi connectivity index (χ4n) is 1.11. The number of morpholine rings is 1. The number of hydrogen-bond acceptors (Lipinski definition) is 4. The zero-order valence-corrected chi connectivity index (χ0v) is 9.92. The van der Waals surface area contributed by atoms with Gasteiger partial charge in [-0.3, -0.25) is 0 Å². The van der Waals surface area contributed by atoms with Crippen molar-refractivity contribution in [1.82, 2.24) is 5.32 Å². The third-order valence-corrected chi connectivity index (χ3v) is 1.84. The maximum atomic E-state index is 5.79. The molecule has 15 heavy (non-hydrogen) atoms. The minimum Gasteiger partial charge on any atom is -0.402 e. The van der Waals surface area contributed by atoms with Crippen molar-refractivity contribution < 1.29 is 4.74 Å². The Hall–Kier alpha value is -1.00. The first kappa shape index (κ1) is 14.0. The van der Waals surface area contributed by atoms with Crippen molar-refractivity contribution in [3.05, 3.63) is 23.5 Å². The van der Waals surface area contributed by atoms with E-state index in [4.69, 9.17) is 16.2 Å². The van der Waals surface area contributed by atoms with Gasteiger partial charge >= 0.3 is 0 Å². The van der Waals surface area contributed by atoms with Crippen molar-refractivity contribution in [3.8, 4) is 0 Å². The molecule has 0 aromatic rings. The molecule has 0 amide bonds. The lowest BCUT2D eigenvalue weighted by Gasteiger charge is -2.23. The summed E-state index contributed by atoms with van der Waals surface area (Å²) in [5.41, 5.74) is 12.7. The van der Waals surface area contributed by atoms with E-state index in [2.05, 4.69) is 5.32 Å². The zero-order chi connectivity index (χ0) is 11.7. The monoisotopic (exact) mass is 213 g/mol. The van der Waals surface area contributed by atoms with Gasteiger partial charge in [0.25, 0.3) is 0 Å². The number of nitrogens with one attached hydrogen (secondary N) is 1. The Balaban J connectivity index is 0.000000921. The smallest absolute Gasteiger partial charge is 0.109 e. The van der Waals surface area contributed by atoms with Gasteiger partial charge in [0, 0.05) is 24.5 Å². The number of hydrogen-bond donors (Lipinski definition) is 3. The van der Waals surface area contributed by atoms with E-state index in [1.807, 2.05) is 20.8 Å². The molecule has 1 heterocycles. The van der Waals surface area contributed by atoms with Gasteiger partial charge < -0.3 is 21.5 Å². The first-order chi connectivity index (χ1) is 7.20. The second-order valence-electron chi connectivity index (χ2n) is 3.14. The highest BCUT2D eigenvalue weighted by atomic mass is 16.5. The molecule has 1 atom stereocenters. The summed E-state index contributed by atoms with van der Waals surface area (Å²) in [6.07, 6.45) is 3.57. The van der Waals surface area contributed by atoms with Crippen molar-refractivity contribution in [2.75, 3.05) is 19.7 Å². The Morgan fingerprint density at radius 1 is 1.33 bits per heavy atom. The highest BCUT2D eigenvalue weighted by Crippen LogP contribution is 2.03. The summed E-state index contributed by atoms with van der Waals surface area (Å²) in [5.74, 6) is 0. The van der Waals surface area contributed by atoms with Crippen LogP contribution in [-0.2, 0) is 4.74 Å². The van der Waals surface area contributed by atoms with Gasteiger partial charge in [0.15, 0.2) is 0 Å². The topological polar surface area (TPSA) is 73.3 Å². The van der Waals surface area contributed by atoms with Crippen LogP contribution in [0.25, 0.3) is 0 Å². The van der Waals surface area contributed by atoms with Gasteiger partial charge in [-0.15, -0.1) is 0 Å². The highest BCUT2D eigenvalue weighted by molar-refractivity contribution is 5.16. The Bertz CT molecular complexity index is 214. The third kappa shape index (κ3) is 6.14. The summed E-state index contributed by atoms with van der Waals surface area (Å²) in [6.45, 7) is 8.21. The number of rotatable bonds is 2. The van der Waals surface area contributed by atoms with Crippen molar-refractivity contribution in [2.45, 2.75) is 26.9 Å². The molecule has 0 bridgehead atoms. The fraction of sp³-hybridized carbons (Fsp3) is 0.636. The number of nitrogens with two attached hydrogens (primary N) is 2. The molecule has 0 aromatic carbocycles. The van der Waals surface area contributed by atoms with Crippen LogP contribution in [-0.4, -0.2) is 25.8 Å². The maximum absolute atomic E-state index is 5.79. The number of allylic oxidation sites excluding steroid dienone is 3. The molecule has 0 aliphatic carbocycles. The molecule has 1 aliphatic heterocycles. The minimum atomic E-state index is -0.00986. The van der Waals surface area contributed by atoms with Crippen molar-refractivity contribution >= 4 is 0 Å². The average Bonchev–Trinajstić information content (AvgIpc) is 2.30. The van der Waals surface area contributed by atoms with E-state index in [1.165, 1.54) is 0 Å². The first-order valence-electron chi connectivity index (χ1n) is 5.42. The van der Waals surface area contributed by atoms with Gasteiger partial charge in [-0.05, 0) is 19.1 Å². The molecule has 4 nitrogen and oxygen atoms in total. The van der Waals surface area contributed by atoms with E-state index >= 15 is 0 Å². The first-order valence-corrected chi connectivity index (χ1v) is 5.42.